The molecule has 0 spiro atoms. The molecule has 0 aromatic carbocycles. The molecular weight excluding hydrogens is 202 g/mol. The summed E-state index contributed by atoms with van der Waals surface area (Å²) in [6, 6.07) is -0.789. The van der Waals surface area contributed by atoms with Gasteiger partial charge in [0.05, 0.1) is 0 Å². The van der Waals surface area contributed by atoms with E-state index in [1.165, 1.54) is 6.92 Å². The summed E-state index contributed by atoms with van der Waals surface area (Å²) in [7, 11) is 0. The van der Waals surface area contributed by atoms with E-state index in [2.05, 4.69) is 5.32 Å². The first kappa shape index (κ1) is 13.3. The van der Waals surface area contributed by atoms with Gasteiger partial charge in [0.2, 0.25) is 5.91 Å². The Balaban J connectivity index is 3.50. The van der Waals surface area contributed by atoms with Crippen molar-refractivity contribution in [1.82, 2.24) is 5.32 Å². The second-order valence-corrected chi connectivity index (χ2v) is 4.06. The lowest BCUT2D eigenvalue weighted by atomic mass is 10.2. The Morgan fingerprint density at radius 2 is 2.07 bits per heavy atom. The van der Waals surface area contributed by atoms with E-state index in [1.54, 1.807) is 11.8 Å². The van der Waals surface area contributed by atoms with Gasteiger partial charge in [-0.2, -0.15) is 11.8 Å². The lowest BCUT2D eigenvalue weighted by Gasteiger charge is -2.08. The fourth-order valence-electron chi connectivity index (χ4n) is 0.907. The van der Waals surface area contributed by atoms with Crippen molar-refractivity contribution in [2.24, 2.45) is 0 Å². The highest BCUT2D eigenvalue weighted by Crippen LogP contribution is 2.02. The molecule has 1 atom stereocenters. The number of nitrogens with one attached hydrogen (secondary N) is 1. The first-order valence-corrected chi connectivity index (χ1v) is 5.98. The number of aliphatic carboxylic acids is 1. The predicted octanol–water partition coefficient (Wildman–Crippen LogP) is 1.11. The van der Waals surface area contributed by atoms with Crippen LogP contribution in [0.25, 0.3) is 0 Å². The molecule has 0 aliphatic carbocycles. The maximum Gasteiger partial charge on any atom is 0.325 e. The standard InChI is InChI=1S/C9H17NO3S/c1-7(9(12)13)10-8(11)5-3-4-6-14-2/h7H,3-6H2,1-2H3,(H,10,11)(H,12,13)/t7-/m1/s1. The molecule has 0 aliphatic heterocycles. The molecule has 0 aromatic rings. The minimum Gasteiger partial charge on any atom is -0.480 e. The molecule has 0 bridgehead atoms. The van der Waals surface area contributed by atoms with Crippen molar-refractivity contribution in [3.05, 3.63) is 0 Å². The highest BCUT2D eigenvalue weighted by Gasteiger charge is 2.12. The Kier molecular flexibility index (Phi) is 7.28. The summed E-state index contributed by atoms with van der Waals surface area (Å²) in [5.74, 6) is -0.134. The molecule has 0 heterocycles. The normalized spacial score (nSPS) is 12.1. The summed E-state index contributed by atoms with van der Waals surface area (Å²) in [5.41, 5.74) is 0. The van der Waals surface area contributed by atoms with Crippen molar-refractivity contribution in [2.45, 2.75) is 32.2 Å². The summed E-state index contributed by atoms with van der Waals surface area (Å²) in [4.78, 5) is 21.5. The van der Waals surface area contributed by atoms with Crippen LogP contribution in [0.15, 0.2) is 0 Å². The fourth-order valence-corrected chi connectivity index (χ4v) is 1.40. The van der Waals surface area contributed by atoms with Gasteiger partial charge < -0.3 is 10.4 Å². The van der Waals surface area contributed by atoms with Crippen molar-refractivity contribution in [3.63, 3.8) is 0 Å². The minimum atomic E-state index is -0.998. The lowest BCUT2D eigenvalue weighted by Crippen LogP contribution is -2.38. The molecule has 0 aromatic heterocycles. The predicted molar refractivity (Wildman–Crippen MR) is 57.5 cm³/mol. The number of carbonyl (C=O) groups excluding carboxylic acids is 1. The number of unbranched alkanes of at least 4 members (excludes halogenated alkanes) is 1. The number of carboxylic acids is 1. The van der Waals surface area contributed by atoms with Crippen LogP contribution in [0.5, 0.6) is 0 Å². The monoisotopic (exact) mass is 219 g/mol. The molecule has 0 aliphatic rings. The van der Waals surface area contributed by atoms with Crippen LogP contribution in [-0.4, -0.2) is 35.0 Å². The lowest BCUT2D eigenvalue weighted by molar-refractivity contribution is -0.141. The number of carbonyl (C=O) groups is 2. The van der Waals surface area contributed by atoms with Crippen molar-refractivity contribution >= 4 is 23.6 Å². The third kappa shape index (κ3) is 6.77. The van der Waals surface area contributed by atoms with Crippen LogP contribution >= 0.6 is 11.8 Å². The highest BCUT2D eigenvalue weighted by molar-refractivity contribution is 7.98. The van der Waals surface area contributed by atoms with E-state index < -0.39 is 12.0 Å². The summed E-state index contributed by atoms with van der Waals surface area (Å²) in [6.45, 7) is 1.46. The Bertz CT molecular complexity index is 196. The zero-order valence-electron chi connectivity index (χ0n) is 8.58. The number of amides is 1. The zero-order chi connectivity index (χ0) is 11.0. The van der Waals surface area contributed by atoms with E-state index in [0.29, 0.717) is 6.42 Å². The molecule has 0 radical (unpaired) electrons. The van der Waals surface area contributed by atoms with Crippen LogP contribution in [0, 0.1) is 0 Å². The molecule has 0 fully saturated rings. The summed E-state index contributed by atoms with van der Waals surface area (Å²) >= 11 is 1.75. The van der Waals surface area contributed by atoms with Crippen LogP contribution in [0.2, 0.25) is 0 Å². The minimum absolute atomic E-state index is 0.180. The van der Waals surface area contributed by atoms with Gasteiger partial charge in [0, 0.05) is 6.42 Å². The van der Waals surface area contributed by atoms with Crippen molar-refractivity contribution in [3.8, 4) is 0 Å². The molecule has 2 N–H and O–H groups in total. The van der Waals surface area contributed by atoms with Gasteiger partial charge in [-0.25, -0.2) is 0 Å². The van der Waals surface area contributed by atoms with E-state index >= 15 is 0 Å². The average Bonchev–Trinajstić information content (AvgIpc) is 2.12. The van der Waals surface area contributed by atoms with Crippen LogP contribution < -0.4 is 5.32 Å². The van der Waals surface area contributed by atoms with Gasteiger partial charge in [-0.15, -0.1) is 0 Å². The van der Waals surface area contributed by atoms with Gasteiger partial charge in [0.15, 0.2) is 0 Å². The quantitative estimate of drug-likeness (QED) is 0.629. The molecule has 0 saturated carbocycles. The van der Waals surface area contributed by atoms with E-state index in [9.17, 15) is 9.59 Å². The topological polar surface area (TPSA) is 66.4 Å². The number of hydrogen-bond donors (Lipinski definition) is 2. The smallest absolute Gasteiger partial charge is 0.325 e. The fraction of sp³-hybridized carbons (Fsp3) is 0.778. The molecule has 0 saturated heterocycles. The van der Waals surface area contributed by atoms with Crippen molar-refractivity contribution in [2.75, 3.05) is 12.0 Å². The molecule has 0 rings (SSSR count). The number of rotatable bonds is 7. The SMILES string of the molecule is CSCCCCC(=O)N[C@H](C)C(=O)O. The van der Waals surface area contributed by atoms with Crippen molar-refractivity contribution < 1.29 is 14.7 Å². The molecule has 82 valence electrons. The first-order chi connectivity index (χ1) is 6.57. The molecule has 14 heavy (non-hydrogen) atoms. The van der Waals surface area contributed by atoms with E-state index in [4.69, 9.17) is 5.11 Å². The van der Waals surface area contributed by atoms with Gasteiger partial charge >= 0.3 is 5.97 Å². The molecule has 0 unspecified atom stereocenters. The Hall–Kier alpha value is -0.710. The van der Waals surface area contributed by atoms with Gasteiger partial charge in [0.25, 0.3) is 0 Å². The molecule has 1 amide bonds. The summed E-state index contributed by atoms with van der Waals surface area (Å²) in [6.07, 6.45) is 4.25. The van der Waals surface area contributed by atoms with Crippen LogP contribution in [0.3, 0.4) is 0 Å². The van der Waals surface area contributed by atoms with Crippen LogP contribution in [0.4, 0.5) is 0 Å². The van der Waals surface area contributed by atoms with Gasteiger partial charge in [-0.05, 0) is 31.8 Å². The largest absolute Gasteiger partial charge is 0.480 e. The third-order valence-electron chi connectivity index (χ3n) is 1.75. The zero-order valence-corrected chi connectivity index (χ0v) is 9.39. The second kappa shape index (κ2) is 7.67. The Morgan fingerprint density at radius 1 is 1.43 bits per heavy atom. The van der Waals surface area contributed by atoms with Gasteiger partial charge in [-0.1, -0.05) is 0 Å². The average molecular weight is 219 g/mol. The number of thioether (sulfide) groups is 1. The van der Waals surface area contributed by atoms with E-state index in [1.807, 2.05) is 6.26 Å². The molecule has 5 heteroatoms. The Labute approximate surface area is 88.4 Å². The number of hydrogen-bond acceptors (Lipinski definition) is 3. The van der Waals surface area contributed by atoms with Crippen LogP contribution in [-0.2, 0) is 9.59 Å². The van der Waals surface area contributed by atoms with Crippen LogP contribution in [0.1, 0.15) is 26.2 Å². The maximum absolute atomic E-state index is 11.1. The number of carboxylic acid groups (broad SMARTS) is 1. The molecule has 4 nitrogen and oxygen atoms in total. The first-order valence-electron chi connectivity index (χ1n) is 4.59. The Morgan fingerprint density at radius 3 is 2.57 bits per heavy atom. The second-order valence-electron chi connectivity index (χ2n) is 3.08. The van der Waals surface area contributed by atoms with Crippen molar-refractivity contribution in [1.29, 1.82) is 0 Å². The third-order valence-corrected chi connectivity index (χ3v) is 2.45. The molecular formula is C9H17NO3S. The van der Waals surface area contributed by atoms with Gasteiger partial charge in [0.1, 0.15) is 6.04 Å². The summed E-state index contributed by atoms with van der Waals surface area (Å²) in [5, 5.41) is 10.9. The van der Waals surface area contributed by atoms with Gasteiger partial charge in [-0.3, -0.25) is 9.59 Å². The van der Waals surface area contributed by atoms with E-state index in [-0.39, 0.29) is 5.91 Å². The summed E-state index contributed by atoms with van der Waals surface area (Å²) < 4.78 is 0. The van der Waals surface area contributed by atoms with E-state index in [0.717, 1.165) is 18.6 Å². The maximum atomic E-state index is 11.1. The highest BCUT2D eigenvalue weighted by atomic mass is 32.2.